The number of nitrogens with one attached hydrogen (secondary N) is 2. The molecule has 1 aliphatic carbocycles. The topological polar surface area (TPSA) is 101 Å². The molecule has 0 bridgehead atoms. The molecule has 2 aromatic carbocycles. The van der Waals surface area contributed by atoms with Crippen LogP contribution in [0.1, 0.15) is 12.8 Å². The van der Waals surface area contributed by atoms with Crippen molar-refractivity contribution >= 4 is 22.5 Å². The highest BCUT2D eigenvalue weighted by Gasteiger charge is 2.54. The standard InChI is InChI=1S/C28H26F2N6O3/c29-27(30)39-24-6-4-20(15-23(24)34-26(38)28(7-8-28)35-12-10-31-11-13-35)36-17-33-22-14-18(3-5-21(22)25(36)37)19-2-1-9-32-16-19/h1-6,9,14-17,27,31H,7-8,10-13H2,(H,34,38). The molecule has 200 valence electrons. The van der Waals surface area contributed by atoms with Crippen molar-refractivity contribution in [2.45, 2.75) is 25.0 Å². The molecule has 0 radical (unpaired) electrons. The minimum absolute atomic E-state index is 0.0677. The van der Waals surface area contributed by atoms with Gasteiger partial charge in [0.05, 0.1) is 22.3 Å². The summed E-state index contributed by atoms with van der Waals surface area (Å²) in [6.07, 6.45) is 6.19. The second-order valence-corrected chi connectivity index (χ2v) is 9.68. The summed E-state index contributed by atoms with van der Waals surface area (Å²) in [5.41, 5.74) is 1.71. The molecule has 1 saturated carbocycles. The van der Waals surface area contributed by atoms with E-state index < -0.39 is 12.2 Å². The summed E-state index contributed by atoms with van der Waals surface area (Å²) in [7, 11) is 0. The SMILES string of the molecule is O=C(Nc1cc(-n2cnc3cc(-c4cccnc4)ccc3c2=O)ccc1OC(F)F)C1(N2CCNCC2)CC1. The van der Waals surface area contributed by atoms with Crippen molar-refractivity contribution in [2.75, 3.05) is 31.5 Å². The predicted molar refractivity (Wildman–Crippen MR) is 142 cm³/mol. The van der Waals surface area contributed by atoms with Gasteiger partial charge in [0.25, 0.3) is 5.56 Å². The lowest BCUT2D eigenvalue weighted by atomic mass is 10.1. The maximum absolute atomic E-state index is 13.4. The van der Waals surface area contributed by atoms with Gasteiger partial charge in [0.1, 0.15) is 17.6 Å². The number of ether oxygens (including phenoxy) is 1. The fraction of sp³-hybridized carbons (Fsp3) is 0.286. The van der Waals surface area contributed by atoms with Gasteiger partial charge in [0, 0.05) is 44.1 Å². The molecule has 0 spiro atoms. The van der Waals surface area contributed by atoms with E-state index in [2.05, 4.69) is 25.5 Å². The molecule has 39 heavy (non-hydrogen) atoms. The Kier molecular flexibility index (Phi) is 6.53. The molecule has 6 rings (SSSR count). The third kappa shape index (κ3) is 4.86. The molecule has 1 aliphatic heterocycles. The number of halogens is 2. The highest BCUT2D eigenvalue weighted by atomic mass is 19.3. The zero-order valence-electron chi connectivity index (χ0n) is 20.9. The van der Waals surface area contributed by atoms with Crippen LogP contribution in [-0.4, -0.2) is 63.7 Å². The average Bonchev–Trinajstić information content (AvgIpc) is 3.77. The highest BCUT2D eigenvalue weighted by molar-refractivity contribution is 6.01. The number of carbonyl (C=O) groups excluding carboxylic acids is 1. The van der Waals surface area contributed by atoms with Crippen LogP contribution in [0, 0.1) is 0 Å². The van der Waals surface area contributed by atoms with Crippen LogP contribution in [0.4, 0.5) is 14.5 Å². The number of aromatic nitrogens is 3. The molecule has 2 N–H and O–H groups in total. The number of pyridine rings is 1. The maximum Gasteiger partial charge on any atom is 0.387 e. The van der Waals surface area contributed by atoms with E-state index in [1.54, 1.807) is 18.5 Å². The van der Waals surface area contributed by atoms with Gasteiger partial charge in [-0.15, -0.1) is 0 Å². The molecule has 0 unspecified atom stereocenters. The predicted octanol–water partition coefficient (Wildman–Crippen LogP) is 3.43. The molecular formula is C28H26F2N6O3. The number of anilines is 1. The first-order valence-electron chi connectivity index (χ1n) is 12.7. The third-order valence-electron chi connectivity index (χ3n) is 7.33. The number of piperazine rings is 1. The zero-order chi connectivity index (χ0) is 27.0. The molecule has 1 amide bonds. The van der Waals surface area contributed by atoms with E-state index in [1.807, 2.05) is 24.3 Å². The van der Waals surface area contributed by atoms with Crippen molar-refractivity contribution < 1.29 is 18.3 Å². The van der Waals surface area contributed by atoms with Crippen LogP contribution in [-0.2, 0) is 4.79 Å². The second-order valence-electron chi connectivity index (χ2n) is 9.68. The molecule has 4 aromatic rings. The van der Waals surface area contributed by atoms with Crippen LogP contribution < -0.4 is 20.9 Å². The van der Waals surface area contributed by atoms with Gasteiger partial charge in [-0.25, -0.2) is 4.98 Å². The Morgan fingerprint density at radius 1 is 1.08 bits per heavy atom. The summed E-state index contributed by atoms with van der Waals surface area (Å²) in [6.45, 7) is -0.0468. The second kappa shape index (κ2) is 10.2. The van der Waals surface area contributed by atoms with E-state index in [0.717, 1.165) is 37.3 Å². The van der Waals surface area contributed by atoms with Gasteiger partial charge in [-0.05, 0) is 54.8 Å². The van der Waals surface area contributed by atoms with E-state index in [9.17, 15) is 18.4 Å². The fourth-order valence-electron chi connectivity index (χ4n) is 5.12. The van der Waals surface area contributed by atoms with Crippen molar-refractivity contribution in [1.29, 1.82) is 0 Å². The Hall–Kier alpha value is -4.22. The van der Waals surface area contributed by atoms with E-state index in [0.29, 0.717) is 29.4 Å². The molecule has 2 aromatic heterocycles. The average molecular weight is 533 g/mol. The van der Waals surface area contributed by atoms with Crippen molar-refractivity contribution in [3.63, 3.8) is 0 Å². The van der Waals surface area contributed by atoms with Gasteiger partial charge in [-0.3, -0.25) is 24.0 Å². The number of carbonyl (C=O) groups is 1. The summed E-state index contributed by atoms with van der Waals surface area (Å²) in [4.78, 5) is 37.5. The van der Waals surface area contributed by atoms with Gasteiger partial charge < -0.3 is 15.4 Å². The molecule has 0 atom stereocenters. The Morgan fingerprint density at radius 2 is 1.90 bits per heavy atom. The Morgan fingerprint density at radius 3 is 2.62 bits per heavy atom. The largest absolute Gasteiger partial charge is 0.433 e. The van der Waals surface area contributed by atoms with Gasteiger partial charge >= 0.3 is 6.61 Å². The van der Waals surface area contributed by atoms with Crippen LogP contribution in [0.25, 0.3) is 27.7 Å². The van der Waals surface area contributed by atoms with Crippen LogP contribution in [0.15, 0.2) is 72.0 Å². The van der Waals surface area contributed by atoms with E-state index in [-0.39, 0.29) is 22.9 Å². The summed E-state index contributed by atoms with van der Waals surface area (Å²) >= 11 is 0. The zero-order valence-corrected chi connectivity index (χ0v) is 20.9. The number of hydrogen-bond acceptors (Lipinski definition) is 7. The summed E-state index contributed by atoms with van der Waals surface area (Å²) in [5.74, 6) is -0.450. The van der Waals surface area contributed by atoms with Crippen LogP contribution >= 0.6 is 0 Å². The quantitative estimate of drug-likeness (QED) is 0.376. The van der Waals surface area contributed by atoms with Crippen LogP contribution in [0.2, 0.25) is 0 Å². The molecular weight excluding hydrogens is 506 g/mol. The summed E-state index contributed by atoms with van der Waals surface area (Å²) < 4.78 is 32.4. The Bertz CT molecular complexity index is 1580. The third-order valence-corrected chi connectivity index (χ3v) is 7.33. The van der Waals surface area contributed by atoms with Crippen LogP contribution in [0.3, 0.4) is 0 Å². The number of alkyl halides is 2. The summed E-state index contributed by atoms with van der Waals surface area (Å²) in [6, 6.07) is 13.4. The van der Waals surface area contributed by atoms with Crippen molar-refractivity contribution in [1.82, 2.24) is 24.8 Å². The van der Waals surface area contributed by atoms with E-state index in [4.69, 9.17) is 4.74 Å². The number of amides is 1. The first-order valence-corrected chi connectivity index (χ1v) is 12.7. The van der Waals surface area contributed by atoms with Gasteiger partial charge in [0.15, 0.2) is 0 Å². The lowest BCUT2D eigenvalue weighted by molar-refractivity contribution is -0.123. The number of benzene rings is 2. The smallest absolute Gasteiger partial charge is 0.387 e. The normalized spacial score (nSPS) is 16.8. The molecule has 3 heterocycles. The Balaban J connectivity index is 1.34. The molecule has 2 aliphatic rings. The first kappa shape index (κ1) is 25.1. The molecule has 9 nitrogen and oxygen atoms in total. The van der Waals surface area contributed by atoms with E-state index >= 15 is 0 Å². The number of rotatable bonds is 7. The summed E-state index contributed by atoms with van der Waals surface area (Å²) in [5, 5.41) is 6.47. The number of nitrogens with zero attached hydrogens (tertiary/aromatic N) is 4. The van der Waals surface area contributed by atoms with Crippen molar-refractivity contribution in [2.24, 2.45) is 0 Å². The van der Waals surface area contributed by atoms with Crippen molar-refractivity contribution in [3.05, 3.63) is 77.6 Å². The lowest BCUT2D eigenvalue weighted by Gasteiger charge is -2.34. The minimum atomic E-state index is -3.08. The van der Waals surface area contributed by atoms with Gasteiger partial charge in [-0.2, -0.15) is 8.78 Å². The number of fused-ring (bicyclic) bond motifs is 1. The van der Waals surface area contributed by atoms with Crippen LogP contribution in [0.5, 0.6) is 5.75 Å². The molecule has 1 saturated heterocycles. The number of hydrogen-bond donors (Lipinski definition) is 2. The fourth-order valence-corrected chi connectivity index (χ4v) is 5.12. The minimum Gasteiger partial charge on any atom is -0.433 e. The maximum atomic E-state index is 13.4. The van der Waals surface area contributed by atoms with Gasteiger partial charge in [-0.1, -0.05) is 12.1 Å². The van der Waals surface area contributed by atoms with Gasteiger partial charge in [0.2, 0.25) is 5.91 Å². The molecule has 11 heteroatoms. The van der Waals surface area contributed by atoms with Crippen molar-refractivity contribution in [3.8, 4) is 22.6 Å². The monoisotopic (exact) mass is 532 g/mol. The highest BCUT2D eigenvalue weighted by Crippen LogP contribution is 2.43. The molecule has 2 fully saturated rings. The lowest BCUT2D eigenvalue weighted by Crippen LogP contribution is -2.54. The Labute approximate surface area is 222 Å². The van der Waals surface area contributed by atoms with E-state index in [1.165, 1.54) is 29.1 Å². The first-order chi connectivity index (χ1) is 18.9.